The number of aromatic nitrogens is 2. The Balaban J connectivity index is 2.00. The number of likely N-dealkylation sites (tertiary alicyclic amines) is 1. The Hall–Kier alpha value is -1.84. The van der Waals surface area contributed by atoms with Crippen LogP contribution in [0.5, 0.6) is 0 Å². The van der Waals surface area contributed by atoms with E-state index < -0.39 is 0 Å². The van der Waals surface area contributed by atoms with E-state index in [9.17, 15) is 4.79 Å². The highest BCUT2D eigenvalue weighted by Gasteiger charge is 2.34. The van der Waals surface area contributed by atoms with E-state index in [-0.39, 0.29) is 17.9 Å². The number of benzene rings is 1. The molecule has 1 aliphatic heterocycles. The van der Waals surface area contributed by atoms with Crippen molar-refractivity contribution in [3.8, 4) is 0 Å². The van der Waals surface area contributed by atoms with Gasteiger partial charge in [-0.1, -0.05) is 19.1 Å². The number of fused-ring (bicyclic) bond motifs is 1. The number of hydrogen-bond donors (Lipinski definition) is 0. The third kappa shape index (κ3) is 2.43. The molecule has 0 bridgehead atoms. The number of carbonyl (C=O) groups excluding carboxylic acids is 1. The fraction of sp³-hybridized carbons (Fsp3) is 0.529. The molecule has 1 amide bonds. The summed E-state index contributed by atoms with van der Waals surface area (Å²) in [6.07, 6.45) is 1.66. The van der Waals surface area contributed by atoms with Crippen LogP contribution in [0.3, 0.4) is 0 Å². The van der Waals surface area contributed by atoms with Gasteiger partial charge in [0.05, 0.1) is 11.0 Å². The van der Waals surface area contributed by atoms with Crippen LogP contribution in [-0.4, -0.2) is 32.9 Å². The Labute approximate surface area is 125 Å². The predicted molar refractivity (Wildman–Crippen MR) is 84.2 cm³/mol. The van der Waals surface area contributed by atoms with Crippen molar-refractivity contribution < 1.29 is 4.79 Å². The van der Waals surface area contributed by atoms with Gasteiger partial charge in [0.15, 0.2) is 0 Å². The number of imidazole rings is 1. The Morgan fingerprint density at radius 1 is 1.33 bits per heavy atom. The van der Waals surface area contributed by atoms with E-state index in [2.05, 4.69) is 43.5 Å². The zero-order valence-corrected chi connectivity index (χ0v) is 13.0. The van der Waals surface area contributed by atoms with E-state index in [1.807, 2.05) is 11.0 Å². The Bertz CT molecular complexity index is 659. The summed E-state index contributed by atoms with van der Waals surface area (Å²) >= 11 is 0. The number of para-hydroxylation sites is 2. The maximum Gasteiger partial charge on any atom is 0.223 e. The van der Waals surface area contributed by atoms with Crippen LogP contribution in [0.1, 0.15) is 45.4 Å². The van der Waals surface area contributed by atoms with E-state index in [4.69, 9.17) is 4.98 Å². The standard InChI is InChI=1S/C17H23N3O/c1-4-9-19-15-8-6-5-7-14(15)18-17(19)13-10-16(21)20(11-13)12(2)3/h5-8,12-13H,4,9-11H2,1-3H3. The molecular formula is C17H23N3O. The highest BCUT2D eigenvalue weighted by molar-refractivity contribution is 5.81. The molecule has 0 N–H and O–H groups in total. The van der Waals surface area contributed by atoms with E-state index in [1.165, 1.54) is 5.52 Å². The Kier molecular flexibility index (Phi) is 3.70. The largest absolute Gasteiger partial charge is 0.340 e. The summed E-state index contributed by atoms with van der Waals surface area (Å²) < 4.78 is 2.30. The molecule has 0 radical (unpaired) electrons. The van der Waals surface area contributed by atoms with E-state index in [0.717, 1.165) is 30.9 Å². The van der Waals surface area contributed by atoms with Gasteiger partial charge in [0.1, 0.15) is 5.82 Å². The normalized spacial score (nSPS) is 19.1. The summed E-state index contributed by atoms with van der Waals surface area (Å²) in [6, 6.07) is 8.53. The van der Waals surface area contributed by atoms with Crippen LogP contribution < -0.4 is 0 Å². The fourth-order valence-corrected chi connectivity index (χ4v) is 3.27. The second-order valence-corrected chi connectivity index (χ2v) is 6.15. The van der Waals surface area contributed by atoms with Gasteiger partial charge in [0.25, 0.3) is 0 Å². The van der Waals surface area contributed by atoms with Crippen LogP contribution in [0.2, 0.25) is 0 Å². The monoisotopic (exact) mass is 285 g/mol. The van der Waals surface area contributed by atoms with Gasteiger partial charge in [0, 0.05) is 31.5 Å². The van der Waals surface area contributed by atoms with Gasteiger partial charge in [-0.15, -0.1) is 0 Å². The summed E-state index contributed by atoms with van der Waals surface area (Å²) in [5.74, 6) is 1.55. The van der Waals surface area contributed by atoms with Gasteiger partial charge in [-0.2, -0.15) is 0 Å². The minimum absolute atomic E-state index is 0.221. The summed E-state index contributed by atoms with van der Waals surface area (Å²) in [5.41, 5.74) is 2.22. The third-order valence-corrected chi connectivity index (χ3v) is 4.28. The van der Waals surface area contributed by atoms with Crippen molar-refractivity contribution >= 4 is 16.9 Å². The second-order valence-electron chi connectivity index (χ2n) is 6.15. The van der Waals surface area contributed by atoms with Gasteiger partial charge < -0.3 is 9.47 Å². The van der Waals surface area contributed by atoms with Crippen LogP contribution in [0, 0.1) is 0 Å². The first kappa shape index (κ1) is 14.1. The summed E-state index contributed by atoms with van der Waals surface area (Å²) in [7, 11) is 0. The predicted octanol–water partition coefficient (Wildman–Crippen LogP) is 3.17. The molecule has 1 atom stereocenters. The van der Waals surface area contributed by atoms with Gasteiger partial charge in [0.2, 0.25) is 5.91 Å². The van der Waals surface area contributed by atoms with E-state index >= 15 is 0 Å². The lowest BCUT2D eigenvalue weighted by Gasteiger charge is -2.21. The van der Waals surface area contributed by atoms with E-state index in [1.54, 1.807) is 0 Å². The molecule has 4 heteroatoms. The van der Waals surface area contributed by atoms with Crippen molar-refractivity contribution in [3.63, 3.8) is 0 Å². The molecule has 1 aliphatic rings. The molecule has 0 saturated carbocycles. The van der Waals surface area contributed by atoms with Gasteiger partial charge in [-0.05, 0) is 32.4 Å². The lowest BCUT2D eigenvalue weighted by molar-refractivity contribution is -0.129. The molecule has 4 nitrogen and oxygen atoms in total. The maximum atomic E-state index is 12.2. The lowest BCUT2D eigenvalue weighted by Crippen LogP contribution is -2.32. The summed E-state index contributed by atoms with van der Waals surface area (Å²) in [4.78, 5) is 19.0. The van der Waals surface area contributed by atoms with Crippen molar-refractivity contribution in [2.24, 2.45) is 0 Å². The molecule has 1 fully saturated rings. The molecular weight excluding hydrogens is 262 g/mol. The van der Waals surface area contributed by atoms with Crippen LogP contribution in [-0.2, 0) is 11.3 Å². The molecule has 21 heavy (non-hydrogen) atoms. The highest BCUT2D eigenvalue weighted by atomic mass is 16.2. The number of rotatable bonds is 4. The molecule has 2 aromatic rings. The molecule has 0 aliphatic carbocycles. The minimum Gasteiger partial charge on any atom is -0.340 e. The molecule has 1 saturated heterocycles. The summed E-state index contributed by atoms with van der Waals surface area (Å²) in [6.45, 7) is 8.09. The second kappa shape index (κ2) is 5.51. The van der Waals surface area contributed by atoms with Crippen LogP contribution in [0.15, 0.2) is 24.3 Å². The third-order valence-electron chi connectivity index (χ3n) is 4.28. The number of aryl methyl sites for hydroxylation is 1. The Morgan fingerprint density at radius 3 is 2.76 bits per heavy atom. The molecule has 0 spiro atoms. The summed E-state index contributed by atoms with van der Waals surface area (Å²) in [5, 5.41) is 0. The SMILES string of the molecule is CCCn1c(C2CC(=O)N(C(C)C)C2)nc2ccccc21. The van der Waals surface area contributed by atoms with Crippen molar-refractivity contribution in [2.75, 3.05) is 6.54 Å². The quantitative estimate of drug-likeness (QED) is 0.865. The fourth-order valence-electron chi connectivity index (χ4n) is 3.27. The van der Waals surface area contributed by atoms with Crippen molar-refractivity contribution in [3.05, 3.63) is 30.1 Å². The molecule has 1 aromatic heterocycles. The van der Waals surface area contributed by atoms with Gasteiger partial charge in [-0.3, -0.25) is 4.79 Å². The van der Waals surface area contributed by atoms with E-state index in [0.29, 0.717) is 6.42 Å². The van der Waals surface area contributed by atoms with Crippen LogP contribution in [0.4, 0.5) is 0 Å². The van der Waals surface area contributed by atoms with Crippen molar-refractivity contribution in [2.45, 2.75) is 52.1 Å². The first-order valence-electron chi connectivity index (χ1n) is 7.86. The maximum absolute atomic E-state index is 12.2. The first-order chi connectivity index (χ1) is 10.1. The lowest BCUT2D eigenvalue weighted by atomic mass is 10.1. The van der Waals surface area contributed by atoms with Crippen molar-refractivity contribution in [1.82, 2.24) is 14.5 Å². The number of carbonyl (C=O) groups is 1. The average Bonchev–Trinajstić information content (AvgIpc) is 3.01. The number of nitrogens with zero attached hydrogens (tertiary/aromatic N) is 3. The van der Waals surface area contributed by atoms with Crippen molar-refractivity contribution in [1.29, 1.82) is 0 Å². The highest BCUT2D eigenvalue weighted by Crippen LogP contribution is 2.31. The molecule has 1 aromatic carbocycles. The molecule has 112 valence electrons. The number of amides is 1. The molecule has 3 rings (SSSR count). The zero-order chi connectivity index (χ0) is 15.0. The molecule has 1 unspecified atom stereocenters. The molecule has 2 heterocycles. The van der Waals surface area contributed by atoms with Gasteiger partial charge in [-0.25, -0.2) is 4.98 Å². The zero-order valence-electron chi connectivity index (χ0n) is 13.0. The van der Waals surface area contributed by atoms with Gasteiger partial charge >= 0.3 is 0 Å². The number of hydrogen-bond acceptors (Lipinski definition) is 2. The Morgan fingerprint density at radius 2 is 2.10 bits per heavy atom. The van der Waals surface area contributed by atoms with Crippen LogP contribution >= 0.6 is 0 Å². The smallest absolute Gasteiger partial charge is 0.223 e. The minimum atomic E-state index is 0.221. The average molecular weight is 285 g/mol. The van der Waals surface area contributed by atoms with Crippen LogP contribution in [0.25, 0.3) is 11.0 Å². The first-order valence-corrected chi connectivity index (χ1v) is 7.86. The topological polar surface area (TPSA) is 38.1 Å².